The molecule has 76 heavy (non-hydrogen) atoms. The maximum Gasteiger partial charge on any atom is 0.297 e. The third-order valence-corrected chi connectivity index (χ3v) is 23.7. The summed E-state index contributed by atoms with van der Waals surface area (Å²) in [5.74, 6) is 0. The van der Waals surface area contributed by atoms with Crippen molar-refractivity contribution in [1.82, 2.24) is 0 Å². The summed E-state index contributed by atoms with van der Waals surface area (Å²) in [6.45, 7) is 28.8. The molecule has 0 bridgehead atoms. The van der Waals surface area contributed by atoms with Gasteiger partial charge in [0, 0.05) is 33.8 Å². The van der Waals surface area contributed by atoms with Crippen molar-refractivity contribution in [3.05, 3.63) is 209 Å². The molecule has 0 spiro atoms. The van der Waals surface area contributed by atoms with E-state index in [1.807, 2.05) is 0 Å². The van der Waals surface area contributed by atoms with E-state index >= 15 is 0 Å². The Morgan fingerprint density at radius 2 is 0.934 bits per heavy atom. The summed E-state index contributed by atoms with van der Waals surface area (Å²) in [7, 11) is -2.77. The van der Waals surface area contributed by atoms with Crippen LogP contribution in [0.1, 0.15) is 135 Å². The molecule has 4 aliphatic rings. The van der Waals surface area contributed by atoms with Crippen molar-refractivity contribution >= 4 is 97.2 Å². The first-order valence-corrected chi connectivity index (χ1v) is 30.1. The highest BCUT2D eigenvalue weighted by Gasteiger charge is 2.49. The Hall–Kier alpha value is -6.82. The van der Waals surface area contributed by atoms with Gasteiger partial charge in [0.25, 0.3) is 6.71 Å². The van der Waals surface area contributed by atoms with Gasteiger partial charge in [0.1, 0.15) is 5.58 Å². The first kappa shape index (κ1) is 48.8. The Balaban J connectivity index is 1.09. The van der Waals surface area contributed by atoms with Crippen molar-refractivity contribution in [2.45, 2.75) is 136 Å². The van der Waals surface area contributed by atoms with Gasteiger partial charge in [-0.15, -0.1) is 0 Å². The summed E-state index contributed by atoms with van der Waals surface area (Å²) in [5.41, 5.74) is 20.3. The minimum absolute atomic E-state index is 0.0340. The van der Waals surface area contributed by atoms with Gasteiger partial charge in [-0.2, -0.15) is 0 Å². The molecule has 0 radical (unpaired) electrons. The van der Waals surface area contributed by atoms with Crippen LogP contribution in [-0.2, 0) is 27.1 Å². The number of furan rings is 1. The first-order chi connectivity index (χ1) is 36.2. The normalized spacial score (nSPS) is 17.6. The summed E-state index contributed by atoms with van der Waals surface area (Å²) >= 11 is 0. The van der Waals surface area contributed by atoms with Crippen LogP contribution in [-0.4, -0.2) is 14.8 Å². The maximum absolute atomic E-state index is 7.68. The minimum atomic E-state index is -2.77. The average Bonchev–Trinajstić information content (AvgIpc) is 3.99. The number of hydrogen-bond donors (Lipinski definition) is 0. The van der Waals surface area contributed by atoms with Crippen LogP contribution in [0.5, 0.6) is 0 Å². The lowest BCUT2D eigenvalue weighted by Crippen LogP contribution is -2.74. The predicted octanol–water partition coefficient (Wildman–Crippen LogP) is 14.2. The molecule has 3 nitrogen and oxygen atoms in total. The molecule has 3 heterocycles. The number of rotatable bonds is 6. The number of aryl methyl sites for hydroxylation is 1. The Morgan fingerprint density at radius 3 is 1.47 bits per heavy atom. The number of hydrogen-bond acceptors (Lipinski definition) is 3. The largest absolute Gasteiger partial charge is 0.468 e. The predicted molar refractivity (Wildman–Crippen MR) is 328 cm³/mol. The topological polar surface area (TPSA) is 19.6 Å². The van der Waals surface area contributed by atoms with Crippen molar-refractivity contribution in [3.63, 3.8) is 0 Å². The quantitative estimate of drug-likeness (QED) is 0.122. The Bertz CT molecular complexity index is 3670. The molecule has 0 fully saturated rings. The monoisotopic (exact) mass is 1010 g/mol. The lowest BCUT2D eigenvalue weighted by Gasteiger charge is -2.45. The molecule has 0 saturated carbocycles. The van der Waals surface area contributed by atoms with Crippen molar-refractivity contribution in [2.24, 2.45) is 0 Å². The molecule has 0 unspecified atom stereocenters. The fourth-order valence-corrected chi connectivity index (χ4v) is 19.1. The fraction of sp³-hybridized carbons (Fsp3) is 0.296. The minimum Gasteiger partial charge on any atom is -0.468 e. The lowest BCUT2D eigenvalue weighted by molar-refractivity contribution is 0.332. The summed E-state index contributed by atoms with van der Waals surface area (Å²) in [6.07, 6.45) is 4.63. The molecule has 8 aromatic carbocycles. The zero-order valence-electron chi connectivity index (χ0n) is 47.0. The molecule has 1 aromatic heterocycles. The van der Waals surface area contributed by atoms with Gasteiger partial charge >= 0.3 is 0 Å². The highest BCUT2D eigenvalue weighted by molar-refractivity contribution is 7.19. The SMILES string of the molecule is Cc1cc2c3c(c1)N(c1ccc4c(c1)C(C)(C)CCC4(C)C)c1c(oc4cc5c(cc14)C(C)(C)CCC5(C)C)B3c1cc(C(C)(C)C)ccc1N2c1ccc([Si](c2ccccc2)(c2ccccc2)c2ccccc2)cc1. The van der Waals surface area contributed by atoms with Gasteiger partial charge in [0.15, 0.2) is 8.07 Å². The summed E-state index contributed by atoms with van der Waals surface area (Å²) < 4.78 is 7.68. The Morgan fingerprint density at radius 1 is 0.461 bits per heavy atom. The van der Waals surface area contributed by atoms with Crippen molar-refractivity contribution < 1.29 is 4.42 Å². The van der Waals surface area contributed by atoms with Crippen LogP contribution >= 0.6 is 0 Å². The molecular formula is C71H73BN2OSi. The van der Waals surface area contributed by atoms with Crippen LogP contribution in [0.15, 0.2) is 180 Å². The molecule has 5 heteroatoms. The molecule has 2 aliphatic heterocycles. The molecule has 0 atom stereocenters. The van der Waals surface area contributed by atoms with Crippen LogP contribution in [0.25, 0.3) is 11.0 Å². The molecule has 0 saturated heterocycles. The van der Waals surface area contributed by atoms with Gasteiger partial charge in [-0.1, -0.05) is 197 Å². The van der Waals surface area contributed by atoms with Crippen molar-refractivity contribution in [3.8, 4) is 0 Å². The average molecular weight is 1010 g/mol. The van der Waals surface area contributed by atoms with Crippen molar-refractivity contribution in [1.29, 1.82) is 0 Å². The Labute approximate surface area is 454 Å². The summed E-state index contributed by atoms with van der Waals surface area (Å²) in [5, 5.41) is 6.68. The summed E-state index contributed by atoms with van der Waals surface area (Å²) in [4.78, 5) is 5.22. The van der Waals surface area contributed by atoms with E-state index in [1.54, 1.807) is 0 Å². The van der Waals surface area contributed by atoms with Crippen molar-refractivity contribution in [2.75, 3.05) is 9.80 Å². The van der Waals surface area contributed by atoms with Gasteiger partial charge in [0.2, 0.25) is 0 Å². The molecule has 0 amide bonds. The molecule has 9 aromatic rings. The van der Waals surface area contributed by atoms with Crippen LogP contribution < -0.4 is 47.1 Å². The molecule has 13 rings (SSSR count). The van der Waals surface area contributed by atoms with Crippen LogP contribution in [0.4, 0.5) is 34.1 Å². The fourth-order valence-electron chi connectivity index (χ4n) is 14.3. The van der Waals surface area contributed by atoms with E-state index in [9.17, 15) is 0 Å². The maximum atomic E-state index is 7.68. The smallest absolute Gasteiger partial charge is 0.297 e. The number of benzene rings is 8. The number of fused-ring (bicyclic) bond motifs is 8. The second-order valence-electron chi connectivity index (χ2n) is 26.7. The van der Waals surface area contributed by atoms with Gasteiger partial charge in [0.05, 0.1) is 11.3 Å². The second-order valence-corrected chi connectivity index (χ2v) is 30.5. The first-order valence-electron chi connectivity index (χ1n) is 28.1. The van der Waals surface area contributed by atoms with Gasteiger partial charge in [-0.3, -0.25) is 0 Å². The zero-order valence-corrected chi connectivity index (χ0v) is 48.0. The third kappa shape index (κ3) is 7.27. The van der Waals surface area contributed by atoms with Crippen LogP contribution in [0, 0.1) is 6.92 Å². The van der Waals surface area contributed by atoms with Gasteiger partial charge in [-0.25, -0.2) is 0 Å². The molecule has 0 N–H and O–H groups in total. The Kier molecular flexibility index (Phi) is 10.8. The number of anilines is 6. The van der Waals surface area contributed by atoms with E-state index in [1.165, 1.54) is 105 Å². The zero-order chi connectivity index (χ0) is 52.9. The standard InChI is InChI=1S/C71H73BN2OSi/c1-46-40-61-64-62(41-46)74(49-31-34-55-56(43-49)69(7,8)37-36-68(55,5)6)65-54-44-57-58(71(11,12)39-38-70(57,9)10)45-63(54)75-66(65)72(64)59-42-47(67(2,3)4)28-35-60(59)73(61)48-29-32-53(33-30-48)76(50-22-16-13-17-23-50,51-24-18-14-19-25-51)52-26-20-15-21-27-52/h13-35,40-45H,36-39H2,1-12H3. The van der Waals surface area contributed by atoms with E-state index < -0.39 is 8.07 Å². The van der Waals surface area contributed by atoms with E-state index in [2.05, 4.69) is 269 Å². The van der Waals surface area contributed by atoms with Gasteiger partial charge in [-0.05, 0) is 179 Å². The van der Waals surface area contributed by atoms with Crippen LogP contribution in [0.3, 0.4) is 0 Å². The second kappa shape index (κ2) is 16.8. The van der Waals surface area contributed by atoms with E-state index in [0.717, 1.165) is 36.2 Å². The number of nitrogens with zero attached hydrogens (tertiary/aromatic N) is 2. The van der Waals surface area contributed by atoms with E-state index in [4.69, 9.17) is 4.42 Å². The lowest BCUT2D eigenvalue weighted by atomic mass is 9.35. The van der Waals surface area contributed by atoms with Gasteiger partial charge < -0.3 is 14.2 Å². The highest BCUT2D eigenvalue weighted by atomic mass is 28.3. The van der Waals surface area contributed by atoms with E-state index in [0.29, 0.717) is 0 Å². The molecular weight excluding hydrogens is 936 g/mol. The molecule has 2 aliphatic carbocycles. The van der Waals surface area contributed by atoms with Crippen LogP contribution in [0.2, 0.25) is 0 Å². The third-order valence-electron chi connectivity index (χ3n) is 18.9. The highest BCUT2D eigenvalue weighted by Crippen LogP contribution is 2.53. The van der Waals surface area contributed by atoms with E-state index in [-0.39, 0.29) is 33.8 Å². The summed E-state index contributed by atoms with van der Waals surface area (Å²) in [6, 6.07) is 68.3. The molecule has 380 valence electrons.